The SMILES string of the molecule is CC(=O)N1CCC(NC(=S)C(=O)Nc2ccc(Cl)cn2)C(NC(=O)c2nc3c(s2)CN(C)CC3)C1. The first kappa shape index (κ1) is 25.4. The lowest BCUT2D eigenvalue weighted by Gasteiger charge is -2.39. The van der Waals surface area contributed by atoms with Gasteiger partial charge < -0.3 is 25.8 Å². The summed E-state index contributed by atoms with van der Waals surface area (Å²) in [7, 11) is 2.04. The van der Waals surface area contributed by atoms with Gasteiger partial charge >= 0.3 is 0 Å². The van der Waals surface area contributed by atoms with Gasteiger partial charge in [0, 0.05) is 50.6 Å². The van der Waals surface area contributed by atoms with Crippen molar-refractivity contribution in [2.24, 2.45) is 0 Å². The van der Waals surface area contributed by atoms with E-state index in [0.717, 1.165) is 30.1 Å². The number of likely N-dealkylation sites (N-methyl/N-ethyl adjacent to an activating group) is 1. The zero-order valence-electron chi connectivity index (χ0n) is 19.3. The monoisotopic (exact) mass is 535 g/mol. The molecule has 0 radical (unpaired) electrons. The van der Waals surface area contributed by atoms with Crippen LogP contribution in [-0.2, 0) is 22.6 Å². The number of hydrogen-bond donors (Lipinski definition) is 3. The molecule has 2 unspecified atom stereocenters. The first-order chi connectivity index (χ1) is 16.7. The number of likely N-dealkylation sites (tertiary alicyclic amines) is 1. The molecule has 0 spiro atoms. The smallest absolute Gasteiger partial charge is 0.284 e. The Morgan fingerprint density at radius 1 is 1.20 bits per heavy atom. The van der Waals surface area contributed by atoms with Crippen LogP contribution in [0.15, 0.2) is 18.3 Å². The zero-order valence-corrected chi connectivity index (χ0v) is 21.7. The van der Waals surface area contributed by atoms with Crippen LogP contribution >= 0.6 is 35.2 Å². The number of anilines is 1. The standard InChI is InChI=1S/C22H26ClN7O3S2/c1-12(31)30-8-6-14(26-21(34)19(32)28-18-4-3-13(23)9-24-18)16(10-30)25-20(33)22-27-15-5-7-29(2)11-17(15)35-22/h3-4,9,14,16H,5-8,10-11H2,1-2H3,(H,25,33)(H,26,34)(H,24,28,32). The molecule has 2 aliphatic rings. The molecule has 186 valence electrons. The fourth-order valence-corrected chi connectivity index (χ4v) is 5.47. The number of pyridine rings is 1. The number of aromatic nitrogens is 2. The van der Waals surface area contributed by atoms with Gasteiger partial charge in [0.2, 0.25) is 5.91 Å². The number of carbonyl (C=O) groups is 3. The minimum absolute atomic E-state index is 0.0324. The van der Waals surface area contributed by atoms with Crippen LogP contribution < -0.4 is 16.0 Å². The Morgan fingerprint density at radius 2 is 2.00 bits per heavy atom. The average molecular weight is 536 g/mol. The molecule has 35 heavy (non-hydrogen) atoms. The summed E-state index contributed by atoms with van der Waals surface area (Å²) in [5.41, 5.74) is 0.968. The molecule has 1 fully saturated rings. The van der Waals surface area contributed by atoms with E-state index in [1.165, 1.54) is 24.5 Å². The lowest BCUT2D eigenvalue weighted by molar-refractivity contribution is -0.130. The molecule has 13 heteroatoms. The molecule has 2 aromatic heterocycles. The van der Waals surface area contributed by atoms with Crippen molar-refractivity contribution >= 4 is 63.7 Å². The molecule has 4 heterocycles. The largest absolute Gasteiger partial charge is 0.367 e. The van der Waals surface area contributed by atoms with Crippen molar-refractivity contribution in [2.45, 2.75) is 38.4 Å². The molecular formula is C22H26ClN7O3S2. The quantitative estimate of drug-likeness (QED) is 0.503. The van der Waals surface area contributed by atoms with Crippen molar-refractivity contribution in [3.05, 3.63) is 38.9 Å². The molecule has 0 bridgehead atoms. The maximum Gasteiger partial charge on any atom is 0.284 e. The van der Waals surface area contributed by atoms with E-state index >= 15 is 0 Å². The topological polar surface area (TPSA) is 120 Å². The summed E-state index contributed by atoms with van der Waals surface area (Å²) in [6, 6.07) is 2.38. The molecule has 1 saturated heterocycles. The van der Waals surface area contributed by atoms with Crippen LogP contribution in [0.4, 0.5) is 5.82 Å². The molecular weight excluding hydrogens is 510 g/mol. The molecule has 2 atom stereocenters. The number of hydrogen-bond acceptors (Lipinski definition) is 8. The normalized spacial score (nSPS) is 20.0. The summed E-state index contributed by atoms with van der Waals surface area (Å²) >= 11 is 12.5. The Bertz CT molecular complexity index is 1140. The predicted octanol–water partition coefficient (Wildman–Crippen LogP) is 1.45. The van der Waals surface area contributed by atoms with Gasteiger partial charge in [-0.15, -0.1) is 11.3 Å². The number of piperidine rings is 1. The molecule has 3 N–H and O–H groups in total. The highest BCUT2D eigenvalue weighted by Crippen LogP contribution is 2.25. The van der Waals surface area contributed by atoms with E-state index < -0.39 is 11.9 Å². The Labute approximate surface area is 217 Å². The third-order valence-electron chi connectivity index (χ3n) is 5.98. The third kappa shape index (κ3) is 6.31. The van der Waals surface area contributed by atoms with Crippen molar-refractivity contribution in [2.75, 3.05) is 32.0 Å². The van der Waals surface area contributed by atoms with Gasteiger partial charge in [-0.1, -0.05) is 23.8 Å². The number of halogens is 1. The van der Waals surface area contributed by atoms with Crippen molar-refractivity contribution in [3.63, 3.8) is 0 Å². The van der Waals surface area contributed by atoms with E-state index in [-0.39, 0.29) is 22.8 Å². The van der Waals surface area contributed by atoms with E-state index in [2.05, 4.69) is 30.8 Å². The van der Waals surface area contributed by atoms with E-state index in [9.17, 15) is 14.4 Å². The molecule has 10 nitrogen and oxygen atoms in total. The van der Waals surface area contributed by atoms with E-state index in [1.807, 2.05) is 7.05 Å². The summed E-state index contributed by atoms with van der Waals surface area (Å²) < 4.78 is 0. The summed E-state index contributed by atoms with van der Waals surface area (Å²) in [5.74, 6) is -0.580. The van der Waals surface area contributed by atoms with Gasteiger partial charge in [-0.3, -0.25) is 14.4 Å². The number of carbonyl (C=O) groups excluding carboxylic acids is 3. The van der Waals surface area contributed by atoms with Gasteiger partial charge in [-0.05, 0) is 25.6 Å². The second kappa shape index (κ2) is 10.9. The van der Waals surface area contributed by atoms with Crippen molar-refractivity contribution in [3.8, 4) is 0 Å². The van der Waals surface area contributed by atoms with Gasteiger partial charge in [0.1, 0.15) is 5.82 Å². The molecule has 4 rings (SSSR count). The van der Waals surface area contributed by atoms with Crippen LogP contribution in [0.1, 0.15) is 33.7 Å². The number of thiocarbonyl (C=S) groups is 1. The van der Waals surface area contributed by atoms with Crippen LogP contribution in [0.25, 0.3) is 0 Å². The third-order valence-corrected chi connectivity index (χ3v) is 7.59. The Hall–Kier alpha value is -2.67. The summed E-state index contributed by atoms with van der Waals surface area (Å²) in [6.07, 6.45) is 2.74. The van der Waals surface area contributed by atoms with Gasteiger partial charge in [-0.25, -0.2) is 9.97 Å². The van der Waals surface area contributed by atoms with Crippen molar-refractivity contribution in [1.29, 1.82) is 0 Å². The van der Waals surface area contributed by atoms with Crippen molar-refractivity contribution in [1.82, 2.24) is 30.4 Å². The van der Waals surface area contributed by atoms with Crippen LogP contribution in [0.3, 0.4) is 0 Å². The van der Waals surface area contributed by atoms with Crippen LogP contribution in [-0.4, -0.2) is 81.2 Å². The number of thiazole rings is 1. The Balaban J connectivity index is 1.43. The molecule has 3 amide bonds. The maximum atomic E-state index is 13.1. The van der Waals surface area contributed by atoms with Crippen LogP contribution in [0, 0.1) is 0 Å². The van der Waals surface area contributed by atoms with Gasteiger partial charge in [0.25, 0.3) is 11.8 Å². The molecule has 2 aliphatic heterocycles. The van der Waals surface area contributed by atoms with Crippen LogP contribution in [0.5, 0.6) is 0 Å². The summed E-state index contributed by atoms with van der Waals surface area (Å²) in [5, 5.41) is 9.55. The van der Waals surface area contributed by atoms with Crippen LogP contribution in [0.2, 0.25) is 5.02 Å². The number of rotatable bonds is 4. The second-order valence-electron chi connectivity index (χ2n) is 8.61. The number of fused-ring (bicyclic) bond motifs is 1. The van der Waals surface area contributed by atoms with Gasteiger partial charge in [0.15, 0.2) is 10.00 Å². The molecule has 0 aromatic carbocycles. The fourth-order valence-electron chi connectivity index (χ4n) is 4.06. The van der Waals surface area contributed by atoms with Crippen molar-refractivity contribution < 1.29 is 14.4 Å². The molecule has 0 aliphatic carbocycles. The first-order valence-electron chi connectivity index (χ1n) is 11.2. The lowest BCUT2D eigenvalue weighted by atomic mass is 9.98. The molecule has 2 aromatic rings. The van der Waals surface area contributed by atoms with Gasteiger partial charge in [0.05, 0.1) is 22.8 Å². The minimum Gasteiger partial charge on any atom is -0.367 e. The second-order valence-corrected chi connectivity index (χ2v) is 10.5. The summed E-state index contributed by atoms with van der Waals surface area (Å²) in [6.45, 7) is 3.97. The Morgan fingerprint density at radius 3 is 2.71 bits per heavy atom. The zero-order chi connectivity index (χ0) is 25.1. The highest BCUT2D eigenvalue weighted by molar-refractivity contribution is 7.82. The van der Waals surface area contributed by atoms with E-state index in [0.29, 0.717) is 35.4 Å². The number of nitrogens with zero attached hydrogens (tertiary/aromatic N) is 4. The number of nitrogens with one attached hydrogen (secondary N) is 3. The Kier molecular flexibility index (Phi) is 7.95. The first-order valence-corrected chi connectivity index (χ1v) is 12.8. The molecule has 0 saturated carbocycles. The highest BCUT2D eigenvalue weighted by Gasteiger charge is 2.34. The average Bonchev–Trinajstić information content (AvgIpc) is 3.25. The van der Waals surface area contributed by atoms with E-state index in [4.69, 9.17) is 23.8 Å². The van der Waals surface area contributed by atoms with E-state index in [1.54, 1.807) is 17.0 Å². The maximum absolute atomic E-state index is 13.1. The van der Waals surface area contributed by atoms with Gasteiger partial charge in [-0.2, -0.15) is 0 Å². The lowest BCUT2D eigenvalue weighted by Crippen LogP contribution is -2.61. The summed E-state index contributed by atoms with van der Waals surface area (Å²) in [4.78, 5) is 51.2. The minimum atomic E-state index is -0.523. The number of amides is 3. The fraction of sp³-hybridized carbons (Fsp3) is 0.455. The predicted molar refractivity (Wildman–Crippen MR) is 138 cm³/mol. The highest BCUT2D eigenvalue weighted by atomic mass is 35.5.